The van der Waals surface area contributed by atoms with Crippen molar-refractivity contribution in [3.63, 3.8) is 0 Å². The maximum Gasteiger partial charge on any atom is 0.271 e. The van der Waals surface area contributed by atoms with Gasteiger partial charge in [0.2, 0.25) is 0 Å². The minimum absolute atomic E-state index is 0.0435. The first-order chi connectivity index (χ1) is 12.7. The number of aromatic amines is 3. The maximum atomic E-state index is 11.6. The third kappa shape index (κ3) is 3.16. The van der Waals surface area contributed by atoms with Gasteiger partial charge in [0.25, 0.3) is 5.56 Å². The number of nitrogens with one attached hydrogen (secondary N) is 4. The molecule has 0 bridgehead atoms. The molecule has 0 saturated heterocycles. The molecule has 2 heterocycles. The normalized spacial score (nSPS) is 23.4. The van der Waals surface area contributed by atoms with E-state index in [0.717, 1.165) is 23.1 Å². The molecular weight excluding hydrogens is 326 g/mol. The van der Waals surface area contributed by atoms with Gasteiger partial charge in [0.1, 0.15) is 5.82 Å². The Morgan fingerprint density at radius 2 is 2.04 bits per heavy atom. The van der Waals surface area contributed by atoms with E-state index in [2.05, 4.69) is 43.9 Å². The van der Waals surface area contributed by atoms with E-state index in [1.807, 2.05) is 6.07 Å². The molecule has 136 valence electrons. The third-order valence-electron chi connectivity index (χ3n) is 5.91. The Morgan fingerprint density at radius 1 is 1.12 bits per heavy atom. The Bertz CT molecular complexity index is 964. The summed E-state index contributed by atoms with van der Waals surface area (Å²) in [6.07, 6.45) is 8.57. The summed E-state index contributed by atoms with van der Waals surface area (Å²) in [6, 6.07) is 8.83. The van der Waals surface area contributed by atoms with Crippen LogP contribution in [0, 0.1) is 5.92 Å². The molecular formula is C20H25N5O. The van der Waals surface area contributed by atoms with Crippen LogP contribution in [0.2, 0.25) is 0 Å². The zero-order valence-corrected chi connectivity index (χ0v) is 14.8. The van der Waals surface area contributed by atoms with Crippen molar-refractivity contribution in [3.8, 4) is 0 Å². The van der Waals surface area contributed by atoms with Gasteiger partial charge >= 0.3 is 0 Å². The number of hydrogen-bond donors (Lipinski definition) is 4. The van der Waals surface area contributed by atoms with E-state index in [1.165, 1.54) is 49.8 Å². The smallest absolute Gasteiger partial charge is 0.271 e. The average molecular weight is 351 g/mol. The second kappa shape index (κ2) is 6.34. The van der Waals surface area contributed by atoms with Gasteiger partial charge in [-0.15, -0.1) is 0 Å². The van der Waals surface area contributed by atoms with Crippen LogP contribution in [0.3, 0.4) is 0 Å². The summed E-state index contributed by atoms with van der Waals surface area (Å²) in [5.74, 6) is 2.39. The molecule has 2 unspecified atom stereocenters. The molecule has 0 amide bonds. The fourth-order valence-electron chi connectivity index (χ4n) is 4.38. The third-order valence-corrected chi connectivity index (χ3v) is 5.91. The van der Waals surface area contributed by atoms with Crippen LogP contribution in [0.25, 0.3) is 10.9 Å². The van der Waals surface area contributed by atoms with Crippen molar-refractivity contribution in [2.24, 2.45) is 5.92 Å². The standard InChI is InChI=1S/C20H25N5O/c26-20-16-7-4-13(10-18(16)23-25-20)8-12-2-1-3-15(9-12)21-19-11-17(22-24-19)14-5-6-14/h4,7,10-12,14-15H,1-3,5-6,8-9H2,(H2,21,22,24)(H2,23,25,26). The number of hydrogen-bond acceptors (Lipinski definition) is 3. The second-order valence-corrected chi connectivity index (χ2v) is 8.02. The number of H-pyrrole nitrogens is 3. The first kappa shape index (κ1) is 15.7. The number of aromatic nitrogens is 4. The van der Waals surface area contributed by atoms with Crippen LogP contribution in [0.5, 0.6) is 0 Å². The number of nitrogens with zero attached hydrogens (tertiary/aromatic N) is 1. The molecule has 2 atom stereocenters. The molecule has 2 saturated carbocycles. The van der Waals surface area contributed by atoms with E-state index in [1.54, 1.807) is 0 Å². The van der Waals surface area contributed by atoms with Crippen molar-refractivity contribution in [1.29, 1.82) is 0 Å². The summed E-state index contributed by atoms with van der Waals surface area (Å²) in [4.78, 5) is 11.6. The molecule has 2 aromatic heterocycles. The Morgan fingerprint density at radius 3 is 2.92 bits per heavy atom. The lowest BCUT2D eigenvalue weighted by molar-refractivity contribution is 0.333. The molecule has 2 fully saturated rings. The van der Waals surface area contributed by atoms with Crippen LogP contribution in [0.4, 0.5) is 5.82 Å². The summed E-state index contributed by atoms with van der Waals surface area (Å²) in [5.41, 5.74) is 3.45. The highest BCUT2D eigenvalue weighted by molar-refractivity contribution is 5.78. The molecule has 0 radical (unpaired) electrons. The van der Waals surface area contributed by atoms with Gasteiger partial charge in [0.05, 0.1) is 10.9 Å². The average Bonchev–Trinajstić information content (AvgIpc) is 3.29. The summed E-state index contributed by atoms with van der Waals surface area (Å²) < 4.78 is 0. The molecule has 0 aliphatic heterocycles. The highest BCUT2D eigenvalue weighted by Gasteiger charge is 2.27. The van der Waals surface area contributed by atoms with Gasteiger partial charge in [-0.05, 0) is 62.1 Å². The lowest BCUT2D eigenvalue weighted by atomic mass is 9.82. The van der Waals surface area contributed by atoms with Gasteiger partial charge in [0.15, 0.2) is 0 Å². The largest absolute Gasteiger partial charge is 0.366 e. The molecule has 1 aromatic carbocycles. The van der Waals surface area contributed by atoms with Gasteiger partial charge < -0.3 is 5.32 Å². The number of benzene rings is 1. The molecule has 0 spiro atoms. The lowest BCUT2D eigenvalue weighted by Crippen LogP contribution is -2.28. The van der Waals surface area contributed by atoms with Crippen molar-refractivity contribution in [3.05, 3.63) is 45.9 Å². The molecule has 6 heteroatoms. The van der Waals surface area contributed by atoms with Crippen LogP contribution in [-0.4, -0.2) is 26.4 Å². The summed E-state index contributed by atoms with van der Waals surface area (Å²) >= 11 is 0. The monoisotopic (exact) mass is 351 g/mol. The van der Waals surface area contributed by atoms with Crippen molar-refractivity contribution in [1.82, 2.24) is 20.4 Å². The molecule has 5 rings (SSSR count). The van der Waals surface area contributed by atoms with Gasteiger partial charge in [-0.25, -0.2) is 0 Å². The Balaban J connectivity index is 1.23. The van der Waals surface area contributed by atoms with E-state index in [-0.39, 0.29) is 5.56 Å². The summed E-state index contributed by atoms with van der Waals surface area (Å²) in [5, 5.41) is 17.6. The zero-order valence-electron chi connectivity index (χ0n) is 14.8. The molecule has 3 aromatic rings. The Hall–Kier alpha value is -2.50. The second-order valence-electron chi connectivity index (χ2n) is 8.02. The predicted molar refractivity (Wildman–Crippen MR) is 103 cm³/mol. The van der Waals surface area contributed by atoms with Crippen molar-refractivity contribution in [2.75, 3.05) is 5.32 Å². The van der Waals surface area contributed by atoms with E-state index in [4.69, 9.17) is 0 Å². The predicted octanol–water partition coefficient (Wildman–Crippen LogP) is 3.67. The first-order valence-corrected chi connectivity index (χ1v) is 9.76. The zero-order chi connectivity index (χ0) is 17.5. The van der Waals surface area contributed by atoms with E-state index < -0.39 is 0 Å². The Labute approximate surface area is 151 Å². The first-order valence-electron chi connectivity index (χ1n) is 9.76. The minimum atomic E-state index is -0.0435. The van der Waals surface area contributed by atoms with E-state index >= 15 is 0 Å². The summed E-state index contributed by atoms with van der Waals surface area (Å²) in [7, 11) is 0. The fraction of sp³-hybridized carbons (Fsp3) is 0.500. The quantitative estimate of drug-likeness (QED) is 0.565. The number of anilines is 1. The molecule has 6 nitrogen and oxygen atoms in total. The lowest BCUT2D eigenvalue weighted by Gasteiger charge is -2.30. The highest BCUT2D eigenvalue weighted by atomic mass is 16.1. The molecule has 4 N–H and O–H groups in total. The SMILES string of the molecule is O=c1[nH][nH]c2cc(CC3CCCC(Nc4cc(C5CC5)[nH]n4)C3)ccc12. The van der Waals surface area contributed by atoms with Crippen LogP contribution < -0.4 is 10.9 Å². The van der Waals surface area contributed by atoms with Gasteiger partial charge in [-0.2, -0.15) is 5.10 Å². The van der Waals surface area contributed by atoms with Crippen LogP contribution in [0.15, 0.2) is 29.1 Å². The highest BCUT2D eigenvalue weighted by Crippen LogP contribution is 2.39. The van der Waals surface area contributed by atoms with E-state index in [9.17, 15) is 4.79 Å². The van der Waals surface area contributed by atoms with Crippen molar-refractivity contribution >= 4 is 16.7 Å². The molecule has 2 aliphatic rings. The summed E-state index contributed by atoms with van der Waals surface area (Å²) in [6.45, 7) is 0. The van der Waals surface area contributed by atoms with Crippen molar-refractivity contribution in [2.45, 2.75) is 56.9 Å². The minimum Gasteiger partial charge on any atom is -0.366 e. The van der Waals surface area contributed by atoms with Crippen LogP contribution in [0.1, 0.15) is 55.7 Å². The van der Waals surface area contributed by atoms with Crippen LogP contribution >= 0.6 is 0 Å². The number of fused-ring (bicyclic) bond motifs is 1. The van der Waals surface area contributed by atoms with Gasteiger partial charge in [0, 0.05) is 23.7 Å². The Kier molecular flexibility index (Phi) is 3.84. The van der Waals surface area contributed by atoms with Gasteiger partial charge in [-0.3, -0.25) is 20.1 Å². The maximum absolute atomic E-state index is 11.6. The van der Waals surface area contributed by atoms with Crippen LogP contribution in [-0.2, 0) is 6.42 Å². The van der Waals surface area contributed by atoms with E-state index in [0.29, 0.717) is 17.9 Å². The number of rotatable bonds is 5. The topological polar surface area (TPSA) is 89.4 Å². The molecule has 2 aliphatic carbocycles. The van der Waals surface area contributed by atoms with Gasteiger partial charge in [-0.1, -0.05) is 12.5 Å². The molecule has 26 heavy (non-hydrogen) atoms. The fourth-order valence-corrected chi connectivity index (χ4v) is 4.38. The van der Waals surface area contributed by atoms with Crippen molar-refractivity contribution < 1.29 is 0 Å².